The average molecular weight is 339 g/mol. The second-order valence-electron chi connectivity index (χ2n) is 4.68. The molecule has 1 amide bonds. The van der Waals surface area contributed by atoms with Crippen LogP contribution in [0.25, 0.3) is 0 Å². The van der Waals surface area contributed by atoms with Gasteiger partial charge in [-0.25, -0.2) is 0 Å². The van der Waals surface area contributed by atoms with E-state index in [1.807, 2.05) is 13.0 Å². The van der Waals surface area contributed by atoms with Crippen LogP contribution in [0.5, 0.6) is 5.75 Å². The van der Waals surface area contributed by atoms with E-state index in [0.29, 0.717) is 27.2 Å². The fourth-order valence-corrected chi connectivity index (χ4v) is 2.24. The molecule has 2 aromatic rings. The molecule has 0 saturated heterocycles. The second kappa shape index (κ2) is 7.38. The number of amides is 1. The molecule has 0 heterocycles. The summed E-state index contributed by atoms with van der Waals surface area (Å²) in [6.07, 6.45) is 0. The van der Waals surface area contributed by atoms with Crippen LogP contribution in [-0.4, -0.2) is 19.6 Å². The van der Waals surface area contributed by atoms with Gasteiger partial charge in [0.05, 0.1) is 30.1 Å². The number of aryl methyl sites for hydroxylation is 1. The van der Waals surface area contributed by atoms with Crippen LogP contribution in [0, 0.1) is 6.92 Å². The summed E-state index contributed by atoms with van der Waals surface area (Å²) < 4.78 is 5.25. The van der Waals surface area contributed by atoms with Gasteiger partial charge in [0.1, 0.15) is 5.75 Å². The molecule has 0 aromatic heterocycles. The van der Waals surface area contributed by atoms with Gasteiger partial charge in [-0.2, -0.15) is 0 Å². The summed E-state index contributed by atoms with van der Waals surface area (Å²) in [4.78, 5) is 12.0. The lowest BCUT2D eigenvalue weighted by molar-refractivity contribution is -0.114. The van der Waals surface area contributed by atoms with Gasteiger partial charge in [0, 0.05) is 11.1 Å². The van der Waals surface area contributed by atoms with E-state index >= 15 is 0 Å². The van der Waals surface area contributed by atoms with Crippen molar-refractivity contribution in [1.29, 1.82) is 0 Å². The first kappa shape index (κ1) is 16.5. The second-order valence-corrected chi connectivity index (χ2v) is 5.50. The van der Waals surface area contributed by atoms with Crippen LogP contribution >= 0.6 is 23.2 Å². The van der Waals surface area contributed by atoms with Gasteiger partial charge in [0.25, 0.3) is 0 Å². The van der Waals surface area contributed by atoms with Crippen molar-refractivity contribution in [2.24, 2.45) is 0 Å². The lowest BCUT2D eigenvalue weighted by Crippen LogP contribution is -2.22. The smallest absolute Gasteiger partial charge is 0.243 e. The van der Waals surface area contributed by atoms with Crippen LogP contribution in [0.15, 0.2) is 36.4 Å². The molecule has 0 bridgehead atoms. The van der Waals surface area contributed by atoms with Crippen LogP contribution in [0.2, 0.25) is 10.0 Å². The van der Waals surface area contributed by atoms with Crippen molar-refractivity contribution < 1.29 is 9.53 Å². The van der Waals surface area contributed by atoms with Crippen molar-refractivity contribution >= 4 is 40.5 Å². The van der Waals surface area contributed by atoms with Gasteiger partial charge in [-0.15, -0.1) is 0 Å². The molecule has 0 saturated carbocycles. The molecule has 0 atom stereocenters. The van der Waals surface area contributed by atoms with E-state index in [1.165, 1.54) is 0 Å². The minimum Gasteiger partial charge on any atom is -0.495 e. The Morgan fingerprint density at radius 2 is 1.86 bits per heavy atom. The van der Waals surface area contributed by atoms with E-state index in [9.17, 15) is 4.79 Å². The molecule has 0 unspecified atom stereocenters. The molecule has 0 aliphatic rings. The largest absolute Gasteiger partial charge is 0.495 e. The van der Waals surface area contributed by atoms with Crippen LogP contribution < -0.4 is 15.4 Å². The molecule has 0 aliphatic heterocycles. The Bertz CT molecular complexity index is 690. The molecule has 0 spiro atoms. The van der Waals surface area contributed by atoms with E-state index in [0.717, 1.165) is 5.56 Å². The van der Waals surface area contributed by atoms with Gasteiger partial charge in [0.15, 0.2) is 0 Å². The maximum atomic E-state index is 12.0. The number of rotatable bonds is 5. The number of methoxy groups -OCH3 is 1. The monoisotopic (exact) mass is 338 g/mol. The van der Waals surface area contributed by atoms with Crippen molar-refractivity contribution in [3.05, 3.63) is 52.0 Å². The SMILES string of the molecule is COc1cc(Cl)c(C)cc1NCC(=O)Nc1ccccc1Cl. The standard InChI is InChI=1S/C16H16Cl2N2O2/c1-10-7-14(15(22-2)8-12(10)18)19-9-16(21)20-13-6-4-3-5-11(13)17/h3-8,19H,9H2,1-2H3,(H,20,21). The number of hydrogen-bond donors (Lipinski definition) is 2. The van der Waals surface area contributed by atoms with E-state index in [4.69, 9.17) is 27.9 Å². The molecule has 0 fully saturated rings. The maximum Gasteiger partial charge on any atom is 0.243 e. The summed E-state index contributed by atoms with van der Waals surface area (Å²) in [7, 11) is 1.55. The Balaban J connectivity index is 2.02. The molecular formula is C16H16Cl2N2O2. The van der Waals surface area contributed by atoms with E-state index in [2.05, 4.69) is 10.6 Å². The fraction of sp³-hybridized carbons (Fsp3) is 0.188. The van der Waals surface area contributed by atoms with E-state index in [1.54, 1.807) is 37.4 Å². The quantitative estimate of drug-likeness (QED) is 0.851. The number of ether oxygens (including phenoxy) is 1. The predicted molar refractivity (Wildman–Crippen MR) is 91.3 cm³/mol. The van der Waals surface area contributed by atoms with Crippen molar-refractivity contribution in [3.8, 4) is 5.75 Å². The maximum absolute atomic E-state index is 12.0. The molecule has 2 aromatic carbocycles. The predicted octanol–water partition coefficient (Wildman–Crippen LogP) is 4.36. The van der Waals surface area contributed by atoms with Crippen molar-refractivity contribution in [2.75, 3.05) is 24.3 Å². The van der Waals surface area contributed by atoms with Gasteiger partial charge >= 0.3 is 0 Å². The Morgan fingerprint density at radius 3 is 2.55 bits per heavy atom. The minimum atomic E-state index is -0.206. The fourth-order valence-electron chi connectivity index (χ4n) is 1.90. The van der Waals surface area contributed by atoms with Gasteiger partial charge in [0.2, 0.25) is 5.91 Å². The van der Waals surface area contributed by atoms with Gasteiger partial charge in [-0.05, 0) is 30.7 Å². The van der Waals surface area contributed by atoms with Crippen molar-refractivity contribution in [2.45, 2.75) is 6.92 Å². The molecule has 0 radical (unpaired) electrons. The lowest BCUT2D eigenvalue weighted by atomic mass is 10.2. The normalized spacial score (nSPS) is 10.2. The number of halogens is 2. The van der Waals surface area contributed by atoms with Gasteiger partial charge in [-0.3, -0.25) is 4.79 Å². The highest BCUT2D eigenvalue weighted by Gasteiger charge is 2.09. The summed E-state index contributed by atoms with van der Waals surface area (Å²) >= 11 is 12.1. The molecule has 6 heteroatoms. The van der Waals surface area contributed by atoms with E-state index < -0.39 is 0 Å². The van der Waals surface area contributed by atoms with Crippen LogP contribution in [-0.2, 0) is 4.79 Å². The third kappa shape index (κ3) is 4.06. The van der Waals surface area contributed by atoms with Crippen LogP contribution in [0.4, 0.5) is 11.4 Å². The summed E-state index contributed by atoms with van der Waals surface area (Å²) in [6, 6.07) is 10.6. The third-order valence-corrected chi connectivity index (χ3v) is 3.80. The average Bonchev–Trinajstić information content (AvgIpc) is 2.50. The first-order valence-corrected chi connectivity index (χ1v) is 7.39. The zero-order chi connectivity index (χ0) is 16.1. The van der Waals surface area contributed by atoms with Gasteiger partial charge in [-0.1, -0.05) is 35.3 Å². The number of hydrogen-bond acceptors (Lipinski definition) is 3. The third-order valence-electron chi connectivity index (χ3n) is 3.07. The summed E-state index contributed by atoms with van der Waals surface area (Å²) in [5.41, 5.74) is 2.19. The highest BCUT2D eigenvalue weighted by Crippen LogP contribution is 2.30. The number of carbonyl (C=O) groups excluding carboxylic acids is 1. The van der Waals surface area contributed by atoms with Crippen molar-refractivity contribution in [3.63, 3.8) is 0 Å². The zero-order valence-electron chi connectivity index (χ0n) is 12.2. The van der Waals surface area contributed by atoms with Crippen molar-refractivity contribution in [1.82, 2.24) is 0 Å². The molecule has 22 heavy (non-hydrogen) atoms. The lowest BCUT2D eigenvalue weighted by Gasteiger charge is -2.13. The Kier molecular flexibility index (Phi) is 5.52. The Morgan fingerprint density at radius 1 is 1.14 bits per heavy atom. The number of nitrogens with one attached hydrogen (secondary N) is 2. The number of carbonyl (C=O) groups is 1. The number of anilines is 2. The summed E-state index contributed by atoms with van der Waals surface area (Å²) in [5, 5.41) is 6.89. The molecule has 0 aliphatic carbocycles. The highest BCUT2D eigenvalue weighted by atomic mass is 35.5. The molecule has 2 N–H and O–H groups in total. The topological polar surface area (TPSA) is 50.4 Å². The summed E-state index contributed by atoms with van der Waals surface area (Å²) in [5.74, 6) is 0.379. The molecular weight excluding hydrogens is 323 g/mol. The highest BCUT2D eigenvalue weighted by molar-refractivity contribution is 6.33. The van der Waals surface area contributed by atoms with Crippen LogP contribution in [0.1, 0.15) is 5.56 Å². The van der Waals surface area contributed by atoms with Gasteiger partial charge < -0.3 is 15.4 Å². The summed E-state index contributed by atoms with van der Waals surface area (Å²) in [6.45, 7) is 1.97. The number of benzene rings is 2. The Hall–Kier alpha value is -1.91. The molecule has 2 rings (SSSR count). The first-order chi connectivity index (χ1) is 10.5. The van der Waals surface area contributed by atoms with E-state index in [-0.39, 0.29) is 12.5 Å². The van der Waals surface area contributed by atoms with Crippen LogP contribution in [0.3, 0.4) is 0 Å². The zero-order valence-corrected chi connectivity index (χ0v) is 13.8. The Labute approximate surface area is 139 Å². The molecule has 116 valence electrons. The number of para-hydroxylation sites is 1. The minimum absolute atomic E-state index is 0.0860. The molecule has 4 nitrogen and oxygen atoms in total. The first-order valence-electron chi connectivity index (χ1n) is 6.63.